The number of nitrogens with zero attached hydrogens (tertiary/aromatic N) is 3. The number of rotatable bonds is 1. The van der Waals surface area contributed by atoms with Gasteiger partial charge in [0.15, 0.2) is 0 Å². The van der Waals surface area contributed by atoms with Crippen LogP contribution in [-0.4, -0.2) is 20.8 Å². The molecule has 0 aromatic carbocycles. The van der Waals surface area contributed by atoms with E-state index in [1.54, 1.807) is 6.20 Å². The number of carbonyl (C=O) groups is 1. The monoisotopic (exact) mass is 193 g/mol. The predicted molar refractivity (Wildman–Crippen MR) is 51.7 cm³/mol. The molecule has 0 spiro atoms. The molecule has 0 aliphatic heterocycles. The van der Waals surface area contributed by atoms with E-state index in [2.05, 4.69) is 24.2 Å². The summed E-state index contributed by atoms with van der Waals surface area (Å²) in [7, 11) is 0. The van der Waals surface area contributed by atoms with Crippen LogP contribution < -0.4 is 0 Å². The van der Waals surface area contributed by atoms with Crippen molar-refractivity contribution < 1.29 is 4.79 Å². The van der Waals surface area contributed by atoms with Crippen molar-refractivity contribution in [2.24, 2.45) is 5.41 Å². The van der Waals surface area contributed by atoms with Crippen LogP contribution in [-0.2, 0) is 4.79 Å². The highest BCUT2D eigenvalue weighted by Gasteiger charge is 2.37. The van der Waals surface area contributed by atoms with Gasteiger partial charge < -0.3 is 0 Å². The first-order chi connectivity index (χ1) is 6.59. The maximum atomic E-state index is 11.4. The molecule has 0 amide bonds. The Labute approximate surface area is 83.3 Å². The number of hydrogen-bond acceptors (Lipinski definition) is 3. The third-order valence-electron chi connectivity index (χ3n) is 3.13. The van der Waals surface area contributed by atoms with Crippen LogP contribution in [0.2, 0.25) is 0 Å². The van der Waals surface area contributed by atoms with Gasteiger partial charge in [-0.3, -0.25) is 4.79 Å². The van der Waals surface area contributed by atoms with Gasteiger partial charge in [0.25, 0.3) is 0 Å². The molecular formula is C10H15N3O. The van der Waals surface area contributed by atoms with Crippen molar-refractivity contribution in [1.29, 1.82) is 0 Å². The van der Waals surface area contributed by atoms with Gasteiger partial charge in [0.2, 0.25) is 0 Å². The Bertz CT molecular complexity index is 329. The van der Waals surface area contributed by atoms with Crippen LogP contribution in [0.25, 0.3) is 0 Å². The average Bonchev–Trinajstić information content (AvgIpc) is 2.62. The van der Waals surface area contributed by atoms with E-state index in [-0.39, 0.29) is 11.5 Å². The molecule has 1 aliphatic carbocycles. The van der Waals surface area contributed by atoms with Crippen LogP contribution in [0, 0.1) is 5.41 Å². The zero-order valence-electron chi connectivity index (χ0n) is 8.60. The maximum absolute atomic E-state index is 11.4. The minimum atomic E-state index is 0.140. The van der Waals surface area contributed by atoms with Crippen LogP contribution in [0.15, 0.2) is 12.4 Å². The van der Waals surface area contributed by atoms with Gasteiger partial charge in [0.1, 0.15) is 5.78 Å². The summed E-state index contributed by atoms with van der Waals surface area (Å²) in [5.74, 6) is 0.338. The SMILES string of the molecule is CC1(C)CCC(=O)CC1n1ccnn1. The van der Waals surface area contributed by atoms with Crippen molar-refractivity contribution in [2.75, 3.05) is 0 Å². The van der Waals surface area contributed by atoms with Gasteiger partial charge in [-0.1, -0.05) is 19.1 Å². The van der Waals surface area contributed by atoms with E-state index >= 15 is 0 Å². The Morgan fingerprint density at radius 2 is 2.36 bits per heavy atom. The molecule has 1 aromatic heterocycles. The summed E-state index contributed by atoms with van der Waals surface area (Å²) in [5.41, 5.74) is 0.140. The van der Waals surface area contributed by atoms with Gasteiger partial charge in [-0.25, -0.2) is 4.68 Å². The summed E-state index contributed by atoms with van der Waals surface area (Å²) in [6, 6.07) is 0.172. The quantitative estimate of drug-likeness (QED) is 0.680. The fourth-order valence-electron chi connectivity index (χ4n) is 2.06. The third kappa shape index (κ3) is 1.56. The predicted octanol–water partition coefficient (Wildman–Crippen LogP) is 1.60. The first-order valence-corrected chi connectivity index (χ1v) is 4.97. The summed E-state index contributed by atoms with van der Waals surface area (Å²) in [6.45, 7) is 4.37. The molecule has 1 heterocycles. The molecule has 1 atom stereocenters. The number of Topliss-reactive ketones (excluding diaryl/α,β-unsaturated/α-hetero) is 1. The molecular weight excluding hydrogens is 178 g/mol. The largest absolute Gasteiger partial charge is 0.300 e. The zero-order valence-corrected chi connectivity index (χ0v) is 8.60. The summed E-state index contributed by atoms with van der Waals surface area (Å²) in [4.78, 5) is 11.4. The van der Waals surface area contributed by atoms with Gasteiger partial charge >= 0.3 is 0 Å². The first kappa shape index (κ1) is 9.37. The topological polar surface area (TPSA) is 47.8 Å². The number of carbonyl (C=O) groups excluding carboxylic acids is 1. The second-order valence-electron chi connectivity index (χ2n) is 4.63. The van der Waals surface area contributed by atoms with Crippen molar-refractivity contribution >= 4 is 5.78 Å². The van der Waals surface area contributed by atoms with E-state index < -0.39 is 0 Å². The lowest BCUT2D eigenvalue weighted by atomic mass is 9.73. The minimum absolute atomic E-state index is 0.140. The Balaban J connectivity index is 2.27. The number of ketones is 1. The lowest BCUT2D eigenvalue weighted by Crippen LogP contribution is -2.34. The number of hydrogen-bond donors (Lipinski definition) is 0. The molecule has 76 valence electrons. The highest BCUT2D eigenvalue weighted by Crippen LogP contribution is 2.41. The fourth-order valence-corrected chi connectivity index (χ4v) is 2.06. The fraction of sp³-hybridized carbons (Fsp3) is 0.700. The molecule has 0 saturated heterocycles. The molecule has 4 heteroatoms. The summed E-state index contributed by atoms with van der Waals surface area (Å²) >= 11 is 0. The van der Waals surface area contributed by atoms with E-state index in [1.807, 2.05) is 10.9 Å². The molecule has 14 heavy (non-hydrogen) atoms. The van der Waals surface area contributed by atoms with Crippen molar-refractivity contribution in [2.45, 2.75) is 39.2 Å². The van der Waals surface area contributed by atoms with Crippen LogP contribution in [0.4, 0.5) is 0 Å². The van der Waals surface area contributed by atoms with Crippen LogP contribution in [0.5, 0.6) is 0 Å². The van der Waals surface area contributed by atoms with E-state index in [1.165, 1.54) is 0 Å². The normalized spacial score (nSPS) is 26.4. The second-order valence-corrected chi connectivity index (χ2v) is 4.63. The Morgan fingerprint density at radius 1 is 1.57 bits per heavy atom. The molecule has 4 nitrogen and oxygen atoms in total. The molecule has 2 rings (SSSR count). The average molecular weight is 193 g/mol. The van der Waals surface area contributed by atoms with Gasteiger partial charge in [-0.2, -0.15) is 0 Å². The molecule has 1 aromatic rings. The number of aromatic nitrogens is 3. The summed E-state index contributed by atoms with van der Waals surface area (Å²) in [5, 5.41) is 7.77. The molecule has 0 N–H and O–H groups in total. The molecule has 1 aliphatic rings. The highest BCUT2D eigenvalue weighted by molar-refractivity contribution is 5.79. The van der Waals surface area contributed by atoms with Crippen LogP contribution in [0.1, 0.15) is 39.2 Å². The van der Waals surface area contributed by atoms with E-state index in [0.29, 0.717) is 18.6 Å². The molecule has 0 radical (unpaired) electrons. The van der Waals surface area contributed by atoms with Crippen LogP contribution in [0.3, 0.4) is 0 Å². The van der Waals surface area contributed by atoms with Crippen molar-refractivity contribution in [3.8, 4) is 0 Å². The van der Waals surface area contributed by atoms with Crippen LogP contribution >= 0.6 is 0 Å². The molecule has 1 unspecified atom stereocenters. The standard InChI is InChI=1S/C10H15N3O/c1-10(2)4-3-8(14)7-9(10)13-6-5-11-12-13/h5-6,9H,3-4,7H2,1-2H3. The molecule has 0 bridgehead atoms. The van der Waals surface area contributed by atoms with Crippen molar-refractivity contribution in [3.63, 3.8) is 0 Å². The first-order valence-electron chi connectivity index (χ1n) is 4.97. The van der Waals surface area contributed by atoms with Gasteiger partial charge in [0.05, 0.1) is 12.2 Å². The molecule has 1 saturated carbocycles. The van der Waals surface area contributed by atoms with E-state index in [4.69, 9.17) is 0 Å². The lowest BCUT2D eigenvalue weighted by Gasteiger charge is -2.37. The van der Waals surface area contributed by atoms with Gasteiger partial charge in [-0.05, 0) is 11.8 Å². The highest BCUT2D eigenvalue weighted by atomic mass is 16.1. The lowest BCUT2D eigenvalue weighted by molar-refractivity contribution is -0.124. The Morgan fingerprint density at radius 3 is 3.00 bits per heavy atom. The third-order valence-corrected chi connectivity index (χ3v) is 3.13. The molecule has 1 fully saturated rings. The minimum Gasteiger partial charge on any atom is -0.300 e. The van der Waals surface area contributed by atoms with E-state index in [0.717, 1.165) is 6.42 Å². The Kier molecular flexibility index (Phi) is 2.13. The smallest absolute Gasteiger partial charge is 0.135 e. The van der Waals surface area contributed by atoms with Crippen molar-refractivity contribution in [3.05, 3.63) is 12.4 Å². The van der Waals surface area contributed by atoms with Crippen molar-refractivity contribution in [1.82, 2.24) is 15.0 Å². The zero-order chi connectivity index (χ0) is 10.2. The van der Waals surface area contributed by atoms with Gasteiger partial charge in [-0.15, -0.1) is 5.10 Å². The maximum Gasteiger partial charge on any atom is 0.135 e. The van der Waals surface area contributed by atoms with Gasteiger partial charge in [0, 0.05) is 19.0 Å². The summed E-state index contributed by atoms with van der Waals surface area (Å²) in [6.07, 6.45) is 5.74. The summed E-state index contributed by atoms with van der Waals surface area (Å²) < 4.78 is 1.82. The second kappa shape index (κ2) is 3.19. The Hall–Kier alpha value is -1.19. The van der Waals surface area contributed by atoms with E-state index in [9.17, 15) is 4.79 Å².